The van der Waals surface area contributed by atoms with Crippen LogP contribution < -0.4 is 0 Å². The van der Waals surface area contributed by atoms with Crippen LogP contribution in [-0.2, 0) is 14.2 Å². The summed E-state index contributed by atoms with van der Waals surface area (Å²) < 4.78 is 14.7. The van der Waals surface area contributed by atoms with E-state index in [1.54, 1.807) is 0 Å². The van der Waals surface area contributed by atoms with Crippen LogP contribution in [0.4, 0.5) is 0 Å². The summed E-state index contributed by atoms with van der Waals surface area (Å²) in [5, 5.41) is 37.1. The van der Waals surface area contributed by atoms with Crippen LogP contribution in [-0.4, -0.2) is 82.9 Å². The molecule has 2 aromatic rings. The van der Waals surface area contributed by atoms with E-state index in [1.165, 1.54) is 48.5 Å². The van der Waals surface area contributed by atoms with Gasteiger partial charge in [-0.2, -0.15) is 0 Å². The highest BCUT2D eigenvalue weighted by Gasteiger charge is 2.22. The highest BCUT2D eigenvalue weighted by Crippen LogP contribution is 2.13. The first-order valence-corrected chi connectivity index (χ1v) is 9.64. The molecule has 2 aromatic carbocycles. The Hall–Kier alpha value is -3.80. The number of hydrogen-bond donors (Lipinski definition) is 4. The fourth-order valence-corrected chi connectivity index (χ4v) is 2.54. The van der Waals surface area contributed by atoms with Gasteiger partial charge in [-0.05, 0) is 24.3 Å². The molecule has 0 bridgehead atoms. The van der Waals surface area contributed by atoms with Gasteiger partial charge in [-0.1, -0.05) is 24.3 Å². The van der Waals surface area contributed by atoms with Crippen LogP contribution in [0.15, 0.2) is 48.5 Å². The Morgan fingerprint density at radius 1 is 0.636 bits per heavy atom. The van der Waals surface area contributed by atoms with Gasteiger partial charge in [0.05, 0.1) is 28.9 Å². The number of rotatable bonds is 11. The van der Waals surface area contributed by atoms with Crippen LogP contribution >= 0.6 is 0 Å². The van der Waals surface area contributed by atoms with Crippen molar-refractivity contribution in [3.05, 3.63) is 70.8 Å². The van der Waals surface area contributed by atoms with Gasteiger partial charge in [0.15, 0.2) is 0 Å². The summed E-state index contributed by atoms with van der Waals surface area (Å²) in [7, 11) is 0. The van der Waals surface area contributed by atoms with Gasteiger partial charge < -0.3 is 34.6 Å². The highest BCUT2D eigenvalue weighted by molar-refractivity contribution is 6.03. The summed E-state index contributed by atoms with van der Waals surface area (Å²) in [5.41, 5.74) is -0.786. The summed E-state index contributed by atoms with van der Waals surface area (Å²) in [4.78, 5) is 47.8. The predicted octanol–water partition coefficient (Wildman–Crippen LogP) is 0.269. The van der Waals surface area contributed by atoms with Crippen LogP contribution in [0.3, 0.4) is 0 Å². The van der Waals surface area contributed by atoms with Crippen molar-refractivity contribution in [2.75, 3.05) is 26.4 Å². The molecule has 0 saturated carbocycles. The molecule has 176 valence electrons. The molecule has 0 heterocycles. The third-order valence-electron chi connectivity index (χ3n) is 4.18. The van der Waals surface area contributed by atoms with Gasteiger partial charge in [0.2, 0.25) is 0 Å². The molecular weight excluding hydrogens is 440 g/mol. The summed E-state index contributed by atoms with van der Waals surface area (Å²) in [6.07, 6.45) is -2.69. The number of carbonyl (C=O) groups is 4. The average Bonchev–Trinajstić information content (AvgIpc) is 2.83. The minimum absolute atomic E-state index is 0.154. The number of benzene rings is 2. The molecular formula is C22H22O11. The highest BCUT2D eigenvalue weighted by atomic mass is 16.6. The summed E-state index contributed by atoms with van der Waals surface area (Å²) in [6, 6.07) is 10.9. The van der Waals surface area contributed by atoms with Crippen LogP contribution in [0.5, 0.6) is 0 Å². The predicted molar refractivity (Wildman–Crippen MR) is 110 cm³/mol. The van der Waals surface area contributed by atoms with Crippen molar-refractivity contribution < 1.29 is 53.8 Å². The molecule has 0 aliphatic heterocycles. The van der Waals surface area contributed by atoms with Crippen LogP contribution in [0.2, 0.25) is 0 Å². The van der Waals surface area contributed by atoms with Crippen molar-refractivity contribution in [1.82, 2.24) is 0 Å². The molecule has 0 spiro atoms. The smallest absolute Gasteiger partial charge is 0.339 e. The number of carbonyl (C=O) groups excluding carboxylic acids is 3. The molecule has 0 fully saturated rings. The van der Waals surface area contributed by atoms with Gasteiger partial charge in [0.1, 0.15) is 32.0 Å². The Balaban J connectivity index is 1.91. The Labute approximate surface area is 187 Å². The zero-order valence-electron chi connectivity index (χ0n) is 17.2. The second-order valence-electron chi connectivity index (χ2n) is 6.68. The van der Waals surface area contributed by atoms with Crippen molar-refractivity contribution in [2.45, 2.75) is 12.2 Å². The molecule has 2 atom stereocenters. The van der Waals surface area contributed by atoms with Gasteiger partial charge in [-0.3, -0.25) is 0 Å². The fourth-order valence-electron chi connectivity index (χ4n) is 2.54. The van der Waals surface area contributed by atoms with E-state index in [9.17, 15) is 29.4 Å². The molecule has 0 aliphatic carbocycles. The molecule has 0 aromatic heterocycles. The number of aliphatic hydroxyl groups excluding tert-OH is 3. The third kappa shape index (κ3) is 7.38. The Morgan fingerprint density at radius 3 is 1.33 bits per heavy atom. The van der Waals surface area contributed by atoms with Crippen LogP contribution in [0.25, 0.3) is 0 Å². The maximum Gasteiger partial charge on any atom is 0.339 e. The molecule has 0 saturated heterocycles. The van der Waals surface area contributed by atoms with E-state index in [-0.39, 0.29) is 22.3 Å². The van der Waals surface area contributed by atoms with Crippen molar-refractivity contribution in [3.8, 4) is 0 Å². The van der Waals surface area contributed by atoms with Crippen molar-refractivity contribution in [2.24, 2.45) is 0 Å². The first-order chi connectivity index (χ1) is 15.7. The molecule has 11 heteroatoms. The Kier molecular flexibility index (Phi) is 9.48. The summed E-state index contributed by atoms with van der Waals surface area (Å²) in [5.74, 6) is -4.19. The Bertz CT molecular complexity index is 1000. The number of hydrogen-bond acceptors (Lipinski definition) is 10. The lowest BCUT2D eigenvalue weighted by atomic mass is 10.1. The molecule has 33 heavy (non-hydrogen) atoms. The SMILES string of the molecule is O=C(O)c1ccccc1C(=O)OCC(O)COC(=O)c1ccccc1C(=O)OCC(O)CO. The average molecular weight is 462 g/mol. The van der Waals surface area contributed by atoms with Gasteiger partial charge in [-0.25, -0.2) is 19.2 Å². The van der Waals surface area contributed by atoms with Crippen molar-refractivity contribution in [1.29, 1.82) is 0 Å². The number of carboxylic acids is 1. The standard InChI is InChI=1S/C22H22O11/c23-9-13(24)10-31-21(29)17-7-3-4-8-18(17)22(30)33-12-14(25)11-32-20(28)16-6-2-1-5-15(16)19(26)27/h1-8,13-14,23-25H,9-12H2,(H,26,27). The second kappa shape index (κ2) is 12.3. The first-order valence-electron chi connectivity index (χ1n) is 9.64. The van der Waals surface area contributed by atoms with Gasteiger partial charge in [0.25, 0.3) is 0 Å². The van der Waals surface area contributed by atoms with Crippen LogP contribution in [0.1, 0.15) is 41.4 Å². The van der Waals surface area contributed by atoms with E-state index in [2.05, 4.69) is 0 Å². The summed E-state index contributed by atoms with van der Waals surface area (Å²) in [6.45, 7) is -2.25. The van der Waals surface area contributed by atoms with Crippen molar-refractivity contribution >= 4 is 23.9 Å². The van der Waals surface area contributed by atoms with E-state index in [0.29, 0.717) is 0 Å². The normalized spacial score (nSPS) is 12.3. The van der Waals surface area contributed by atoms with E-state index in [0.717, 1.165) is 0 Å². The molecule has 2 unspecified atom stereocenters. The number of aromatic carboxylic acids is 1. The summed E-state index contributed by atoms with van der Waals surface area (Å²) >= 11 is 0. The molecule has 0 radical (unpaired) electrons. The minimum Gasteiger partial charge on any atom is -0.478 e. The fraction of sp³-hybridized carbons (Fsp3) is 0.273. The second-order valence-corrected chi connectivity index (χ2v) is 6.68. The van der Waals surface area contributed by atoms with E-state index >= 15 is 0 Å². The van der Waals surface area contributed by atoms with Crippen molar-refractivity contribution in [3.63, 3.8) is 0 Å². The molecule has 11 nitrogen and oxygen atoms in total. The van der Waals surface area contributed by atoms with Gasteiger partial charge in [-0.15, -0.1) is 0 Å². The lowest BCUT2D eigenvalue weighted by molar-refractivity contribution is -0.00525. The Morgan fingerprint density at radius 2 is 0.970 bits per heavy atom. The van der Waals surface area contributed by atoms with E-state index in [4.69, 9.17) is 24.4 Å². The zero-order chi connectivity index (χ0) is 24.4. The first kappa shape index (κ1) is 25.5. The molecule has 4 N–H and O–H groups in total. The van der Waals surface area contributed by atoms with Gasteiger partial charge >= 0.3 is 23.9 Å². The van der Waals surface area contributed by atoms with E-state index < -0.39 is 62.5 Å². The quantitative estimate of drug-likeness (QED) is 0.266. The number of ether oxygens (including phenoxy) is 3. The minimum atomic E-state index is -1.42. The largest absolute Gasteiger partial charge is 0.478 e. The monoisotopic (exact) mass is 462 g/mol. The van der Waals surface area contributed by atoms with Gasteiger partial charge in [0, 0.05) is 0 Å². The molecule has 0 aliphatic rings. The molecule has 2 rings (SSSR count). The number of esters is 3. The third-order valence-corrected chi connectivity index (χ3v) is 4.18. The maximum atomic E-state index is 12.3. The van der Waals surface area contributed by atoms with Crippen LogP contribution in [0, 0.1) is 0 Å². The number of carboxylic acid groups (broad SMARTS) is 1. The lowest BCUT2D eigenvalue weighted by Crippen LogP contribution is -2.27. The maximum absolute atomic E-state index is 12.3. The number of aliphatic hydroxyl groups is 3. The zero-order valence-corrected chi connectivity index (χ0v) is 17.2. The van der Waals surface area contributed by atoms with E-state index in [1.807, 2.05) is 0 Å². The lowest BCUT2D eigenvalue weighted by Gasteiger charge is -2.14. The molecule has 0 amide bonds. The topological polar surface area (TPSA) is 177 Å².